The molecule has 2 aromatic carbocycles. The van der Waals surface area contributed by atoms with Gasteiger partial charge in [-0.05, 0) is 36.2 Å². The molecule has 0 saturated carbocycles. The van der Waals surface area contributed by atoms with Crippen molar-refractivity contribution in [1.29, 1.82) is 0 Å². The molecule has 0 radical (unpaired) electrons. The molecule has 0 fully saturated rings. The number of benzene rings is 2. The Labute approximate surface area is 144 Å². The highest BCUT2D eigenvalue weighted by atomic mass is 35.5. The van der Waals surface area contributed by atoms with Crippen LogP contribution in [0.15, 0.2) is 48.7 Å². The molecule has 4 rings (SSSR count). The lowest BCUT2D eigenvalue weighted by Gasteiger charge is -2.23. The molecule has 24 heavy (non-hydrogen) atoms. The summed E-state index contributed by atoms with van der Waals surface area (Å²) in [6.07, 6.45) is 2.54. The number of rotatable bonds is 1. The number of aromatic nitrogens is 2. The Morgan fingerprint density at radius 3 is 2.92 bits per heavy atom. The van der Waals surface area contributed by atoms with E-state index in [0.717, 1.165) is 28.9 Å². The maximum Gasteiger partial charge on any atom is 0.259 e. The van der Waals surface area contributed by atoms with Crippen molar-refractivity contribution in [2.45, 2.75) is 6.42 Å². The van der Waals surface area contributed by atoms with E-state index in [1.807, 2.05) is 30.5 Å². The third kappa shape index (κ3) is 2.34. The molecule has 120 valence electrons. The quantitative estimate of drug-likeness (QED) is 0.667. The number of nitrogens with one attached hydrogen (secondary N) is 1. The smallest absolute Gasteiger partial charge is 0.259 e. The molecular weight excluding hydrogens is 324 g/mol. The molecule has 0 spiro atoms. The Bertz CT molecular complexity index is 934. The van der Waals surface area contributed by atoms with E-state index < -0.39 is 0 Å². The molecule has 0 aliphatic carbocycles. The van der Waals surface area contributed by atoms with Crippen LogP contribution >= 0.6 is 11.6 Å². The Kier molecular flexibility index (Phi) is 3.50. The standard InChI is InChI=1S/C18H15ClN4O/c19-15-9-12(20)5-6-13(15)18(24)23-8-7-11-10-21-22-17(11)14-3-1-2-4-16(14)23/h1-6,9-10H,7-8,20H2,(H,21,22). The van der Waals surface area contributed by atoms with Crippen LogP contribution in [-0.4, -0.2) is 22.6 Å². The van der Waals surface area contributed by atoms with Crippen molar-refractivity contribution < 1.29 is 4.79 Å². The SMILES string of the molecule is Nc1ccc(C(=O)N2CCc3cn[nH]c3-c3ccccc32)c(Cl)c1. The minimum absolute atomic E-state index is 0.134. The molecule has 0 atom stereocenters. The summed E-state index contributed by atoms with van der Waals surface area (Å²) in [6.45, 7) is 0.559. The summed E-state index contributed by atoms with van der Waals surface area (Å²) in [4.78, 5) is 14.9. The van der Waals surface area contributed by atoms with Crippen molar-refractivity contribution in [3.05, 3.63) is 64.8 Å². The van der Waals surface area contributed by atoms with E-state index in [2.05, 4.69) is 10.2 Å². The second-order valence-electron chi connectivity index (χ2n) is 5.73. The number of nitrogens with two attached hydrogens (primary N) is 1. The van der Waals surface area contributed by atoms with Crippen molar-refractivity contribution in [3.63, 3.8) is 0 Å². The Balaban J connectivity index is 1.82. The lowest BCUT2D eigenvalue weighted by Crippen LogP contribution is -2.32. The zero-order chi connectivity index (χ0) is 16.7. The van der Waals surface area contributed by atoms with Gasteiger partial charge >= 0.3 is 0 Å². The first-order chi connectivity index (χ1) is 11.6. The van der Waals surface area contributed by atoms with Gasteiger partial charge in [0.05, 0.1) is 28.2 Å². The first-order valence-electron chi connectivity index (χ1n) is 7.63. The minimum Gasteiger partial charge on any atom is -0.399 e. The lowest BCUT2D eigenvalue weighted by molar-refractivity contribution is 0.0987. The number of hydrogen-bond donors (Lipinski definition) is 2. The van der Waals surface area contributed by atoms with E-state index in [0.29, 0.717) is 22.8 Å². The number of anilines is 2. The highest BCUT2D eigenvalue weighted by Crippen LogP contribution is 2.36. The first-order valence-corrected chi connectivity index (χ1v) is 8.01. The van der Waals surface area contributed by atoms with Gasteiger partial charge in [0.25, 0.3) is 5.91 Å². The summed E-state index contributed by atoms with van der Waals surface area (Å²) in [6, 6.07) is 12.8. The summed E-state index contributed by atoms with van der Waals surface area (Å²) < 4.78 is 0. The van der Waals surface area contributed by atoms with Crippen LogP contribution in [-0.2, 0) is 6.42 Å². The van der Waals surface area contributed by atoms with E-state index in [4.69, 9.17) is 17.3 Å². The van der Waals surface area contributed by atoms with Gasteiger partial charge in [0.15, 0.2) is 0 Å². The van der Waals surface area contributed by atoms with Crippen LogP contribution in [0.25, 0.3) is 11.3 Å². The first kappa shape index (κ1) is 14.8. The topological polar surface area (TPSA) is 75.0 Å². The largest absolute Gasteiger partial charge is 0.399 e. The van der Waals surface area contributed by atoms with E-state index in [1.165, 1.54) is 0 Å². The third-order valence-electron chi connectivity index (χ3n) is 4.26. The zero-order valence-electron chi connectivity index (χ0n) is 12.8. The predicted octanol–water partition coefficient (Wildman–Crippen LogP) is 3.52. The average molecular weight is 339 g/mol. The molecule has 5 nitrogen and oxygen atoms in total. The van der Waals surface area contributed by atoms with E-state index in [9.17, 15) is 4.79 Å². The molecule has 2 heterocycles. The van der Waals surface area contributed by atoms with E-state index in [1.54, 1.807) is 23.1 Å². The van der Waals surface area contributed by atoms with Gasteiger partial charge in [0, 0.05) is 17.8 Å². The van der Waals surface area contributed by atoms with Crippen molar-refractivity contribution >= 4 is 28.9 Å². The summed E-state index contributed by atoms with van der Waals surface area (Å²) in [5.41, 5.74) is 10.6. The van der Waals surface area contributed by atoms with Crippen LogP contribution in [0.4, 0.5) is 11.4 Å². The fraction of sp³-hybridized carbons (Fsp3) is 0.111. The Morgan fingerprint density at radius 1 is 1.25 bits per heavy atom. The number of nitrogen functional groups attached to an aromatic ring is 1. The number of carbonyl (C=O) groups is 1. The van der Waals surface area contributed by atoms with Gasteiger partial charge in [0.1, 0.15) is 0 Å². The second kappa shape index (κ2) is 5.69. The van der Waals surface area contributed by atoms with Crippen molar-refractivity contribution in [2.75, 3.05) is 17.2 Å². The number of halogens is 1. The third-order valence-corrected chi connectivity index (χ3v) is 4.57. The fourth-order valence-corrected chi connectivity index (χ4v) is 3.34. The van der Waals surface area contributed by atoms with Gasteiger partial charge in [-0.3, -0.25) is 9.89 Å². The number of H-pyrrole nitrogens is 1. The van der Waals surface area contributed by atoms with Crippen molar-refractivity contribution in [2.24, 2.45) is 0 Å². The molecule has 3 N–H and O–H groups in total. The minimum atomic E-state index is -0.134. The van der Waals surface area contributed by atoms with Crippen LogP contribution in [0.1, 0.15) is 15.9 Å². The van der Waals surface area contributed by atoms with Gasteiger partial charge < -0.3 is 10.6 Å². The molecule has 1 aliphatic rings. The normalized spacial score (nSPS) is 13.1. The lowest BCUT2D eigenvalue weighted by atomic mass is 10.1. The number of hydrogen-bond acceptors (Lipinski definition) is 3. The average Bonchev–Trinajstić information content (AvgIpc) is 2.98. The monoisotopic (exact) mass is 338 g/mol. The van der Waals surface area contributed by atoms with Gasteiger partial charge in [0.2, 0.25) is 0 Å². The van der Waals surface area contributed by atoms with Crippen LogP contribution < -0.4 is 10.6 Å². The predicted molar refractivity (Wildman–Crippen MR) is 95.3 cm³/mol. The van der Waals surface area contributed by atoms with Gasteiger partial charge in [-0.1, -0.05) is 29.8 Å². The molecule has 6 heteroatoms. The van der Waals surface area contributed by atoms with E-state index in [-0.39, 0.29) is 5.91 Å². The second-order valence-corrected chi connectivity index (χ2v) is 6.14. The summed E-state index contributed by atoms with van der Waals surface area (Å²) in [5, 5.41) is 7.54. The zero-order valence-corrected chi connectivity index (χ0v) is 13.5. The molecule has 1 aliphatic heterocycles. The number of nitrogens with zero attached hydrogens (tertiary/aromatic N) is 2. The number of para-hydroxylation sites is 1. The number of fused-ring (bicyclic) bond motifs is 3. The summed E-state index contributed by atoms with van der Waals surface area (Å²) in [5.74, 6) is -0.134. The highest BCUT2D eigenvalue weighted by molar-refractivity contribution is 6.35. The summed E-state index contributed by atoms with van der Waals surface area (Å²) >= 11 is 6.24. The van der Waals surface area contributed by atoms with Gasteiger partial charge in [-0.2, -0.15) is 5.10 Å². The summed E-state index contributed by atoms with van der Waals surface area (Å²) in [7, 11) is 0. The number of amides is 1. The van der Waals surface area contributed by atoms with Gasteiger partial charge in [-0.25, -0.2) is 0 Å². The van der Waals surface area contributed by atoms with E-state index >= 15 is 0 Å². The maximum absolute atomic E-state index is 13.1. The maximum atomic E-state index is 13.1. The molecule has 3 aromatic rings. The molecule has 0 saturated heterocycles. The number of carbonyl (C=O) groups excluding carboxylic acids is 1. The molecule has 1 amide bonds. The molecule has 0 bridgehead atoms. The number of aromatic amines is 1. The van der Waals surface area contributed by atoms with Crippen LogP contribution in [0.2, 0.25) is 5.02 Å². The van der Waals surface area contributed by atoms with Crippen LogP contribution in [0.3, 0.4) is 0 Å². The molecule has 0 unspecified atom stereocenters. The molecule has 1 aromatic heterocycles. The Hall–Kier alpha value is -2.79. The fourth-order valence-electron chi connectivity index (χ4n) is 3.07. The molecular formula is C18H15ClN4O. The highest BCUT2D eigenvalue weighted by Gasteiger charge is 2.26. The van der Waals surface area contributed by atoms with Crippen molar-refractivity contribution in [1.82, 2.24) is 10.2 Å². The van der Waals surface area contributed by atoms with Crippen LogP contribution in [0, 0.1) is 0 Å². The van der Waals surface area contributed by atoms with Crippen LogP contribution in [0.5, 0.6) is 0 Å². The van der Waals surface area contributed by atoms with Crippen molar-refractivity contribution in [3.8, 4) is 11.3 Å². The Morgan fingerprint density at radius 2 is 2.08 bits per heavy atom. The van der Waals surface area contributed by atoms with Gasteiger partial charge in [-0.15, -0.1) is 0 Å².